The number of rotatable bonds is 7. The number of methoxy groups -OCH3 is 1. The molecular weight excluding hydrogens is 220 g/mol. The second kappa shape index (κ2) is 7.03. The smallest absolute Gasteiger partial charge is 0.242 e. The van der Waals surface area contributed by atoms with Gasteiger partial charge in [0.15, 0.2) is 0 Å². The Morgan fingerprint density at radius 2 is 2.35 bits per heavy atom. The standard InChI is InChI=1S/C11H20N4O2/c1-14(2)11(16)8-15-7-10(13-9-15)6-12-4-5-17-3/h7,9,12H,4-6,8H2,1-3H3. The van der Waals surface area contributed by atoms with E-state index in [1.165, 1.54) is 0 Å². The second-order valence-corrected chi connectivity index (χ2v) is 4.00. The molecule has 1 rings (SSSR count). The molecule has 0 saturated carbocycles. The fourth-order valence-electron chi connectivity index (χ4n) is 1.27. The van der Waals surface area contributed by atoms with Crippen LogP contribution in [0.15, 0.2) is 12.5 Å². The first-order valence-electron chi connectivity index (χ1n) is 5.54. The average molecular weight is 240 g/mol. The fourth-order valence-corrected chi connectivity index (χ4v) is 1.27. The third-order valence-corrected chi connectivity index (χ3v) is 2.29. The van der Waals surface area contributed by atoms with Crippen molar-refractivity contribution in [2.24, 2.45) is 0 Å². The van der Waals surface area contributed by atoms with Crippen molar-refractivity contribution in [2.45, 2.75) is 13.1 Å². The number of hydrogen-bond donors (Lipinski definition) is 1. The van der Waals surface area contributed by atoms with Crippen LogP contribution in [0.3, 0.4) is 0 Å². The molecule has 1 N–H and O–H groups in total. The van der Waals surface area contributed by atoms with E-state index in [4.69, 9.17) is 4.74 Å². The summed E-state index contributed by atoms with van der Waals surface area (Å²) in [6.07, 6.45) is 3.55. The highest BCUT2D eigenvalue weighted by atomic mass is 16.5. The maximum absolute atomic E-state index is 11.5. The SMILES string of the molecule is COCCNCc1cn(CC(=O)N(C)C)cn1. The minimum absolute atomic E-state index is 0.0568. The Hall–Kier alpha value is -1.40. The highest BCUT2D eigenvalue weighted by molar-refractivity contribution is 5.75. The van der Waals surface area contributed by atoms with E-state index < -0.39 is 0 Å². The summed E-state index contributed by atoms with van der Waals surface area (Å²) in [7, 11) is 5.15. The number of aromatic nitrogens is 2. The fraction of sp³-hybridized carbons (Fsp3) is 0.636. The molecule has 0 fully saturated rings. The van der Waals surface area contributed by atoms with Crippen LogP contribution in [0.2, 0.25) is 0 Å². The quantitative estimate of drug-likeness (QED) is 0.665. The molecule has 1 heterocycles. The molecule has 1 aromatic heterocycles. The van der Waals surface area contributed by atoms with Crippen LogP contribution in [-0.2, 0) is 22.6 Å². The molecule has 0 spiro atoms. The van der Waals surface area contributed by atoms with Crippen LogP contribution in [-0.4, -0.2) is 54.7 Å². The van der Waals surface area contributed by atoms with Gasteiger partial charge in [-0.05, 0) is 0 Å². The molecule has 0 aliphatic heterocycles. The van der Waals surface area contributed by atoms with Gasteiger partial charge in [0, 0.05) is 40.5 Å². The first kappa shape index (κ1) is 13.7. The molecule has 0 atom stereocenters. The zero-order chi connectivity index (χ0) is 12.7. The van der Waals surface area contributed by atoms with Gasteiger partial charge in [-0.2, -0.15) is 0 Å². The van der Waals surface area contributed by atoms with Crippen LogP contribution in [0.5, 0.6) is 0 Å². The lowest BCUT2D eigenvalue weighted by molar-refractivity contribution is -0.129. The lowest BCUT2D eigenvalue weighted by atomic mass is 10.4. The first-order chi connectivity index (χ1) is 8.13. The van der Waals surface area contributed by atoms with Crippen molar-refractivity contribution < 1.29 is 9.53 Å². The van der Waals surface area contributed by atoms with Crippen LogP contribution in [0.1, 0.15) is 5.69 Å². The van der Waals surface area contributed by atoms with Gasteiger partial charge in [-0.1, -0.05) is 0 Å². The molecule has 1 amide bonds. The van der Waals surface area contributed by atoms with Crippen LogP contribution in [0, 0.1) is 0 Å². The van der Waals surface area contributed by atoms with E-state index in [0.29, 0.717) is 19.7 Å². The third kappa shape index (κ3) is 4.97. The number of imidazole rings is 1. The summed E-state index contributed by atoms with van der Waals surface area (Å²) in [5, 5.41) is 3.20. The van der Waals surface area contributed by atoms with Crippen molar-refractivity contribution >= 4 is 5.91 Å². The maximum atomic E-state index is 11.5. The van der Waals surface area contributed by atoms with Gasteiger partial charge in [0.25, 0.3) is 0 Å². The van der Waals surface area contributed by atoms with Gasteiger partial charge in [0.1, 0.15) is 6.54 Å². The van der Waals surface area contributed by atoms with E-state index in [0.717, 1.165) is 12.2 Å². The first-order valence-corrected chi connectivity index (χ1v) is 5.54. The van der Waals surface area contributed by atoms with Crippen molar-refractivity contribution in [1.29, 1.82) is 0 Å². The summed E-state index contributed by atoms with van der Waals surface area (Å²) in [6, 6.07) is 0. The Balaban J connectivity index is 2.35. The zero-order valence-electron chi connectivity index (χ0n) is 10.6. The van der Waals surface area contributed by atoms with Crippen molar-refractivity contribution in [2.75, 3.05) is 34.4 Å². The minimum Gasteiger partial charge on any atom is -0.383 e. The van der Waals surface area contributed by atoms with Gasteiger partial charge < -0.3 is 19.5 Å². The Kier molecular flexibility index (Phi) is 5.65. The van der Waals surface area contributed by atoms with E-state index in [-0.39, 0.29) is 5.91 Å². The number of amides is 1. The van der Waals surface area contributed by atoms with E-state index >= 15 is 0 Å². The molecule has 6 nitrogen and oxygen atoms in total. The normalized spacial score (nSPS) is 10.5. The Morgan fingerprint density at radius 3 is 3.00 bits per heavy atom. The second-order valence-electron chi connectivity index (χ2n) is 4.00. The Morgan fingerprint density at radius 1 is 1.59 bits per heavy atom. The number of ether oxygens (including phenoxy) is 1. The van der Waals surface area contributed by atoms with E-state index in [1.807, 2.05) is 6.20 Å². The molecule has 17 heavy (non-hydrogen) atoms. The predicted molar refractivity (Wildman–Crippen MR) is 64.5 cm³/mol. The lowest BCUT2D eigenvalue weighted by Crippen LogP contribution is -2.25. The number of nitrogens with zero attached hydrogens (tertiary/aromatic N) is 3. The van der Waals surface area contributed by atoms with Crippen LogP contribution in [0.25, 0.3) is 0 Å². The topological polar surface area (TPSA) is 59.4 Å². The zero-order valence-corrected chi connectivity index (χ0v) is 10.6. The number of carbonyl (C=O) groups is 1. The van der Waals surface area contributed by atoms with Gasteiger partial charge in [-0.15, -0.1) is 0 Å². The highest BCUT2D eigenvalue weighted by Gasteiger charge is 2.05. The molecule has 0 saturated heterocycles. The molecular formula is C11H20N4O2. The van der Waals surface area contributed by atoms with E-state index in [9.17, 15) is 4.79 Å². The molecule has 0 bridgehead atoms. The van der Waals surface area contributed by atoms with Crippen molar-refractivity contribution in [3.63, 3.8) is 0 Å². The van der Waals surface area contributed by atoms with Gasteiger partial charge in [-0.25, -0.2) is 4.98 Å². The predicted octanol–water partition coefficient (Wildman–Crippen LogP) is -0.293. The molecule has 0 radical (unpaired) electrons. The van der Waals surface area contributed by atoms with Gasteiger partial charge >= 0.3 is 0 Å². The third-order valence-electron chi connectivity index (χ3n) is 2.29. The minimum atomic E-state index is 0.0568. The highest BCUT2D eigenvalue weighted by Crippen LogP contribution is 1.96. The maximum Gasteiger partial charge on any atom is 0.242 e. The van der Waals surface area contributed by atoms with Crippen molar-refractivity contribution in [3.8, 4) is 0 Å². The van der Waals surface area contributed by atoms with Crippen molar-refractivity contribution in [3.05, 3.63) is 18.2 Å². The largest absolute Gasteiger partial charge is 0.383 e. The summed E-state index contributed by atoms with van der Waals surface area (Å²) in [4.78, 5) is 17.2. The molecule has 0 unspecified atom stereocenters. The molecule has 6 heteroatoms. The lowest BCUT2D eigenvalue weighted by Gasteiger charge is -2.09. The Bertz CT molecular complexity index is 349. The number of likely N-dealkylation sites (N-methyl/N-ethyl adjacent to an activating group) is 1. The van der Waals surface area contributed by atoms with Gasteiger partial charge in [-0.3, -0.25) is 4.79 Å². The van der Waals surface area contributed by atoms with Crippen LogP contribution < -0.4 is 5.32 Å². The Labute approximate surface area is 102 Å². The summed E-state index contributed by atoms with van der Waals surface area (Å²) in [6.45, 7) is 2.49. The van der Waals surface area contributed by atoms with E-state index in [2.05, 4.69) is 10.3 Å². The van der Waals surface area contributed by atoms with Crippen molar-refractivity contribution in [1.82, 2.24) is 19.8 Å². The molecule has 0 aromatic carbocycles. The molecule has 0 aliphatic carbocycles. The summed E-state index contributed by atoms with van der Waals surface area (Å²) in [5.41, 5.74) is 0.924. The van der Waals surface area contributed by atoms with Gasteiger partial charge in [0.05, 0.1) is 18.6 Å². The number of hydrogen-bond acceptors (Lipinski definition) is 4. The summed E-state index contributed by atoms with van der Waals surface area (Å²) >= 11 is 0. The number of carbonyl (C=O) groups excluding carboxylic acids is 1. The monoisotopic (exact) mass is 240 g/mol. The molecule has 0 aliphatic rings. The summed E-state index contributed by atoms with van der Waals surface area (Å²) in [5.74, 6) is 0.0568. The molecule has 1 aromatic rings. The molecule has 96 valence electrons. The van der Waals surface area contributed by atoms with E-state index in [1.54, 1.807) is 37.0 Å². The van der Waals surface area contributed by atoms with Gasteiger partial charge in [0.2, 0.25) is 5.91 Å². The van der Waals surface area contributed by atoms with Crippen LogP contribution >= 0.6 is 0 Å². The number of nitrogens with one attached hydrogen (secondary N) is 1. The average Bonchev–Trinajstić information content (AvgIpc) is 2.72. The van der Waals surface area contributed by atoms with Crippen LogP contribution in [0.4, 0.5) is 0 Å². The summed E-state index contributed by atoms with van der Waals surface area (Å²) < 4.78 is 6.71.